The van der Waals surface area contributed by atoms with Crippen LogP contribution in [0.3, 0.4) is 0 Å². The highest BCUT2D eigenvalue weighted by atomic mass is 19.2. The van der Waals surface area contributed by atoms with Gasteiger partial charge in [0.15, 0.2) is 11.6 Å². The molecule has 2 amide bonds. The third kappa shape index (κ3) is 3.92. The van der Waals surface area contributed by atoms with Crippen LogP contribution in [-0.2, 0) is 10.2 Å². The van der Waals surface area contributed by atoms with E-state index >= 15 is 0 Å². The zero-order chi connectivity index (χ0) is 21.5. The van der Waals surface area contributed by atoms with Crippen molar-refractivity contribution in [3.05, 3.63) is 58.5 Å². The number of hydrogen-bond donors (Lipinski definition) is 2. The summed E-state index contributed by atoms with van der Waals surface area (Å²) in [6, 6.07) is 2.90. The van der Waals surface area contributed by atoms with E-state index in [-0.39, 0.29) is 29.6 Å². The van der Waals surface area contributed by atoms with Gasteiger partial charge in [-0.05, 0) is 39.0 Å². The minimum absolute atomic E-state index is 0.0000228. The summed E-state index contributed by atoms with van der Waals surface area (Å²) in [5.41, 5.74) is 1.83. The van der Waals surface area contributed by atoms with Crippen molar-refractivity contribution in [2.24, 2.45) is 0 Å². The van der Waals surface area contributed by atoms with Crippen LogP contribution in [0, 0.1) is 18.6 Å². The Morgan fingerprint density at radius 2 is 1.93 bits per heavy atom. The summed E-state index contributed by atoms with van der Waals surface area (Å²) in [7, 11) is 0. The third-order valence-electron chi connectivity index (χ3n) is 4.84. The second-order valence-electron chi connectivity index (χ2n) is 8.18. The van der Waals surface area contributed by atoms with E-state index in [0.717, 1.165) is 23.4 Å². The molecule has 0 atom stereocenters. The number of rotatable bonds is 3. The average molecular weight is 402 g/mol. The summed E-state index contributed by atoms with van der Waals surface area (Å²) >= 11 is 0. The van der Waals surface area contributed by atoms with Crippen molar-refractivity contribution in [2.45, 2.75) is 46.1 Å². The number of H-pyrrole nitrogens is 1. The maximum Gasteiger partial charge on any atom is 0.257 e. The Morgan fingerprint density at radius 1 is 1.24 bits per heavy atom. The molecular formula is C21H24F2N4O2. The van der Waals surface area contributed by atoms with Crippen molar-refractivity contribution in [1.82, 2.24) is 20.4 Å². The molecule has 29 heavy (non-hydrogen) atoms. The molecule has 1 aliphatic heterocycles. The molecule has 154 valence electrons. The molecule has 1 aliphatic rings. The highest BCUT2D eigenvalue weighted by molar-refractivity contribution is 6.20. The number of carbonyl (C=O) groups excluding carboxylic acids is 2. The van der Waals surface area contributed by atoms with Crippen LogP contribution < -0.4 is 5.32 Å². The quantitative estimate of drug-likeness (QED) is 0.827. The molecular weight excluding hydrogens is 378 g/mol. The number of benzene rings is 1. The second kappa shape index (κ2) is 7.42. The number of fused-ring (bicyclic) bond motifs is 1. The molecule has 2 N–H and O–H groups in total. The van der Waals surface area contributed by atoms with E-state index in [2.05, 4.69) is 15.5 Å². The van der Waals surface area contributed by atoms with Crippen LogP contribution in [0.25, 0.3) is 5.57 Å². The summed E-state index contributed by atoms with van der Waals surface area (Å²) in [6.07, 6.45) is 1.45. The van der Waals surface area contributed by atoms with Crippen LogP contribution in [0.15, 0.2) is 24.4 Å². The van der Waals surface area contributed by atoms with Crippen LogP contribution in [-0.4, -0.2) is 39.5 Å². The van der Waals surface area contributed by atoms with E-state index in [9.17, 15) is 18.4 Å². The Labute approximate surface area is 168 Å². The van der Waals surface area contributed by atoms with E-state index in [1.807, 2.05) is 34.6 Å². The molecule has 0 unspecified atom stereocenters. The zero-order valence-electron chi connectivity index (χ0n) is 17.1. The summed E-state index contributed by atoms with van der Waals surface area (Å²) in [5, 5.41) is 10.0. The van der Waals surface area contributed by atoms with Gasteiger partial charge in [0.05, 0.1) is 17.0 Å². The fourth-order valence-corrected chi connectivity index (χ4v) is 3.66. The first-order valence-electron chi connectivity index (χ1n) is 9.36. The molecule has 0 fully saturated rings. The number of aromatic nitrogens is 2. The first-order valence-corrected chi connectivity index (χ1v) is 9.36. The number of aryl methyl sites for hydroxylation is 1. The topological polar surface area (TPSA) is 78.1 Å². The molecule has 3 rings (SSSR count). The minimum Gasteiger partial charge on any atom is -0.350 e. The molecule has 1 aromatic heterocycles. The lowest BCUT2D eigenvalue weighted by atomic mass is 9.82. The number of aromatic amines is 1. The Balaban J connectivity index is 2.11. The largest absolute Gasteiger partial charge is 0.350 e. The Hall–Kier alpha value is -3.03. The molecule has 6 nitrogen and oxygen atoms in total. The van der Waals surface area contributed by atoms with Crippen LogP contribution in [0.5, 0.6) is 0 Å². The molecule has 0 saturated carbocycles. The predicted octanol–water partition coefficient (Wildman–Crippen LogP) is 3.30. The molecule has 0 radical (unpaired) electrons. The lowest BCUT2D eigenvalue weighted by Crippen LogP contribution is -2.37. The number of nitrogens with zero attached hydrogens (tertiary/aromatic N) is 2. The summed E-state index contributed by atoms with van der Waals surface area (Å²) in [4.78, 5) is 27.3. The van der Waals surface area contributed by atoms with Gasteiger partial charge in [0, 0.05) is 35.3 Å². The highest BCUT2D eigenvalue weighted by Gasteiger charge is 2.37. The van der Waals surface area contributed by atoms with E-state index in [1.54, 1.807) is 0 Å². The zero-order valence-corrected chi connectivity index (χ0v) is 17.1. The number of hydrogen-bond acceptors (Lipinski definition) is 3. The molecule has 0 spiro atoms. The number of halogens is 2. The molecule has 2 aromatic rings. The van der Waals surface area contributed by atoms with Crippen molar-refractivity contribution >= 4 is 17.4 Å². The smallest absolute Gasteiger partial charge is 0.257 e. The van der Waals surface area contributed by atoms with Gasteiger partial charge in [0.1, 0.15) is 0 Å². The van der Waals surface area contributed by atoms with Gasteiger partial charge in [-0.1, -0.05) is 13.8 Å². The number of carbonyl (C=O) groups is 2. The standard InChI is InChI=1S/C21H24F2N4O2/c1-11(2)24-19(28)14-9-27(20(29)13-6-7-15(22)16(23)8-13)10-21(4,5)17-12(3)25-26-18(14)17/h6-9,11H,10H2,1-5H3,(H,24,28)(H,25,26). The maximum absolute atomic E-state index is 13.7. The summed E-state index contributed by atoms with van der Waals surface area (Å²) in [5.74, 6) is -3.01. The minimum atomic E-state index is -1.10. The Kier molecular flexibility index (Phi) is 5.30. The van der Waals surface area contributed by atoms with Crippen molar-refractivity contribution in [3.8, 4) is 0 Å². The van der Waals surface area contributed by atoms with Gasteiger partial charge in [-0.25, -0.2) is 8.78 Å². The SMILES string of the molecule is Cc1n[nH]c2c1C(C)(C)CN(C(=O)c1ccc(F)c(F)c1)C=C2C(=O)NC(C)C. The lowest BCUT2D eigenvalue weighted by molar-refractivity contribution is -0.116. The van der Waals surface area contributed by atoms with E-state index in [1.165, 1.54) is 17.2 Å². The van der Waals surface area contributed by atoms with E-state index in [0.29, 0.717) is 5.69 Å². The lowest BCUT2D eigenvalue weighted by Gasteiger charge is -2.29. The van der Waals surface area contributed by atoms with Gasteiger partial charge >= 0.3 is 0 Å². The van der Waals surface area contributed by atoms with Gasteiger partial charge in [-0.2, -0.15) is 5.10 Å². The van der Waals surface area contributed by atoms with Crippen molar-refractivity contribution in [2.75, 3.05) is 6.54 Å². The van der Waals surface area contributed by atoms with Gasteiger partial charge in [-0.3, -0.25) is 14.7 Å². The first kappa shape index (κ1) is 20.7. The molecule has 1 aromatic carbocycles. The Bertz CT molecular complexity index is 1010. The third-order valence-corrected chi connectivity index (χ3v) is 4.84. The maximum atomic E-state index is 13.7. The van der Waals surface area contributed by atoms with Crippen LogP contribution in [0.2, 0.25) is 0 Å². The highest BCUT2D eigenvalue weighted by Crippen LogP contribution is 2.36. The van der Waals surface area contributed by atoms with Gasteiger partial charge < -0.3 is 10.2 Å². The van der Waals surface area contributed by atoms with Gasteiger partial charge in [-0.15, -0.1) is 0 Å². The molecule has 0 saturated heterocycles. The van der Waals surface area contributed by atoms with Crippen LogP contribution in [0.4, 0.5) is 8.78 Å². The molecule has 0 aliphatic carbocycles. The molecule has 8 heteroatoms. The Morgan fingerprint density at radius 3 is 2.55 bits per heavy atom. The fraction of sp³-hybridized carbons (Fsp3) is 0.381. The van der Waals surface area contributed by atoms with Crippen molar-refractivity contribution in [1.29, 1.82) is 0 Å². The average Bonchev–Trinajstić information content (AvgIpc) is 2.95. The predicted molar refractivity (Wildman–Crippen MR) is 105 cm³/mol. The van der Waals surface area contributed by atoms with Crippen molar-refractivity contribution < 1.29 is 18.4 Å². The van der Waals surface area contributed by atoms with Crippen LogP contribution in [0.1, 0.15) is 55.0 Å². The summed E-state index contributed by atoms with van der Waals surface area (Å²) in [6.45, 7) is 9.62. The number of amides is 2. The van der Waals surface area contributed by atoms with Crippen LogP contribution >= 0.6 is 0 Å². The van der Waals surface area contributed by atoms with E-state index in [4.69, 9.17) is 0 Å². The van der Waals surface area contributed by atoms with Gasteiger partial charge in [0.25, 0.3) is 11.8 Å². The second-order valence-corrected chi connectivity index (χ2v) is 8.18. The van der Waals surface area contributed by atoms with Crippen molar-refractivity contribution in [3.63, 3.8) is 0 Å². The fourth-order valence-electron chi connectivity index (χ4n) is 3.66. The van der Waals surface area contributed by atoms with Gasteiger partial charge in [0.2, 0.25) is 0 Å². The first-order chi connectivity index (χ1) is 13.5. The summed E-state index contributed by atoms with van der Waals surface area (Å²) < 4.78 is 27.0. The number of nitrogens with one attached hydrogen (secondary N) is 2. The normalized spacial score (nSPS) is 15.6. The van der Waals surface area contributed by atoms with E-state index < -0.39 is 23.0 Å². The molecule has 2 heterocycles. The molecule has 0 bridgehead atoms. The monoisotopic (exact) mass is 402 g/mol.